The van der Waals surface area contributed by atoms with Gasteiger partial charge in [-0.05, 0) is 12.1 Å². The van der Waals surface area contributed by atoms with E-state index in [-0.39, 0.29) is 5.09 Å². The zero-order valence-electron chi connectivity index (χ0n) is 10.7. The number of rotatable bonds is 6. The second kappa shape index (κ2) is 5.83. The molecule has 19 heavy (non-hydrogen) atoms. The summed E-state index contributed by atoms with van der Waals surface area (Å²) >= 11 is 1.56. The van der Waals surface area contributed by atoms with Crippen LogP contribution < -0.4 is 5.32 Å². The van der Waals surface area contributed by atoms with E-state index in [1.54, 1.807) is 29.1 Å². The van der Waals surface area contributed by atoms with E-state index >= 15 is 0 Å². The second-order valence-electron chi connectivity index (χ2n) is 4.08. The van der Waals surface area contributed by atoms with Gasteiger partial charge < -0.3 is 9.73 Å². The Morgan fingerprint density at radius 3 is 2.79 bits per heavy atom. The minimum Gasteiger partial charge on any atom is -0.447 e. The third-order valence-corrected chi connectivity index (χ3v) is 4.92. The van der Waals surface area contributed by atoms with E-state index in [0.29, 0.717) is 18.8 Å². The lowest BCUT2D eigenvalue weighted by Gasteiger charge is -2.07. The Kier molecular flexibility index (Phi) is 4.35. The first kappa shape index (κ1) is 14.2. The van der Waals surface area contributed by atoms with Gasteiger partial charge in [0.15, 0.2) is 0 Å². The first-order valence-corrected chi connectivity index (χ1v) is 7.91. The highest BCUT2D eigenvalue weighted by Gasteiger charge is 2.21. The van der Waals surface area contributed by atoms with Crippen molar-refractivity contribution in [3.63, 3.8) is 0 Å². The largest absolute Gasteiger partial charge is 0.447 e. The highest BCUT2D eigenvalue weighted by atomic mass is 32.2. The molecule has 0 bridgehead atoms. The van der Waals surface area contributed by atoms with E-state index < -0.39 is 10.0 Å². The van der Waals surface area contributed by atoms with Crippen molar-refractivity contribution >= 4 is 21.4 Å². The number of furan rings is 1. The number of sulfonamides is 1. The summed E-state index contributed by atoms with van der Waals surface area (Å²) in [5.74, 6) is 0.588. The number of nitrogens with zero attached hydrogens (tertiary/aromatic N) is 2. The summed E-state index contributed by atoms with van der Waals surface area (Å²) in [4.78, 5) is 5.09. The van der Waals surface area contributed by atoms with Crippen LogP contribution in [0.4, 0.5) is 0 Å². The summed E-state index contributed by atoms with van der Waals surface area (Å²) in [6.07, 6.45) is 1.79. The molecular weight excluding hydrogens is 286 g/mol. The van der Waals surface area contributed by atoms with Crippen molar-refractivity contribution in [1.82, 2.24) is 14.6 Å². The lowest BCUT2D eigenvalue weighted by molar-refractivity contribution is 0.389. The third-order valence-electron chi connectivity index (χ3n) is 2.45. The molecule has 0 aliphatic carbocycles. The van der Waals surface area contributed by atoms with Crippen LogP contribution in [0.25, 0.3) is 0 Å². The Balaban J connectivity index is 1.94. The van der Waals surface area contributed by atoms with Gasteiger partial charge in [-0.1, -0.05) is 0 Å². The van der Waals surface area contributed by atoms with Crippen molar-refractivity contribution in [3.05, 3.63) is 34.5 Å². The number of thiazole rings is 1. The average Bonchev–Trinajstić information content (AvgIpc) is 2.99. The van der Waals surface area contributed by atoms with E-state index in [1.807, 2.05) is 0 Å². The second-order valence-corrected chi connectivity index (χ2v) is 7.13. The van der Waals surface area contributed by atoms with Crippen LogP contribution in [0, 0.1) is 0 Å². The third kappa shape index (κ3) is 3.41. The quantitative estimate of drug-likeness (QED) is 0.870. The zero-order chi connectivity index (χ0) is 13.9. The van der Waals surface area contributed by atoms with Crippen LogP contribution in [-0.4, -0.2) is 31.8 Å². The molecule has 0 spiro atoms. The molecule has 2 aromatic heterocycles. The van der Waals surface area contributed by atoms with Gasteiger partial charge in [-0.3, -0.25) is 4.98 Å². The molecular formula is C11H15N3O3S2. The maximum Gasteiger partial charge on any atom is 0.275 e. The molecule has 0 amide bonds. The van der Waals surface area contributed by atoms with Crippen LogP contribution in [0.15, 0.2) is 33.3 Å². The van der Waals surface area contributed by atoms with Crippen LogP contribution in [0.5, 0.6) is 0 Å². The fraction of sp³-hybridized carbons (Fsp3) is 0.364. The van der Waals surface area contributed by atoms with Crippen molar-refractivity contribution < 1.29 is 12.8 Å². The van der Waals surface area contributed by atoms with E-state index in [0.717, 1.165) is 9.18 Å². The molecule has 2 heterocycles. The Hall–Kier alpha value is -1.22. The molecule has 0 atom stereocenters. The molecule has 104 valence electrons. The molecule has 2 aromatic rings. The average molecular weight is 301 g/mol. The number of aromatic nitrogens is 1. The molecule has 0 fully saturated rings. The molecule has 0 aromatic carbocycles. The van der Waals surface area contributed by atoms with Crippen molar-refractivity contribution in [2.45, 2.75) is 18.2 Å². The summed E-state index contributed by atoms with van der Waals surface area (Å²) in [6.45, 7) is 1.15. The van der Waals surface area contributed by atoms with Crippen molar-refractivity contribution in [3.8, 4) is 0 Å². The van der Waals surface area contributed by atoms with E-state index in [2.05, 4.69) is 10.3 Å². The summed E-state index contributed by atoms with van der Waals surface area (Å²) in [5.41, 5.74) is 1.77. The van der Waals surface area contributed by atoms with Crippen LogP contribution in [0.3, 0.4) is 0 Å². The highest BCUT2D eigenvalue weighted by molar-refractivity contribution is 7.88. The van der Waals surface area contributed by atoms with Gasteiger partial charge in [0.2, 0.25) is 5.09 Å². The SMILES string of the molecule is CN(C)S(=O)(=O)c1ccc(CNCc2cncs2)o1. The van der Waals surface area contributed by atoms with Crippen LogP contribution in [0.2, 0.25) is 0 Å². The fourth-order valence-corrected chi connectivity index (χ4v) is 2.79. The number of hydrogen-bond acceptors (Lipinski definition) is 6. The molecule has 2 rings (SSSR count). The number of nitrogens with one attached hydrogen (secondary N) is 1. The van der Waals surface area contributed by atoms with E-state index in [9.17, 15) is 8.42 Å². The number of hydrogen-bond donors (Lipinski definition) is 1. The van der Waals surface area contributed by atoms with Gasteiger partial charge in [0.05, 0.1) is 12.1 Å². The van der Waals surface area contributed by atoms with Crippen LogP contribution in [0.1, 0.15) is 10.6 Å². The standard InChI is InChI=1S/C11H15N3O3S2/c1-14(2)19(15,16)11-4-3-9(17-11)5-12-6-10-7-13-8-18-10/h3-4,7-8,12H,5-6H2,1-2H3. The molecule has 0 aliphatic rings. The van der Waals surface area contributed by atoms with Gasteiger partial charge in [-0.2, -0.15) is 0 Å². The highest BCUT2D eigenvalue weighted by Crippen LogP contribution is 2.16. The summed E-state index contributed by atoms with van der Waals surface area (Å²) in [6, 6.07) is 3.13. The van der Waals surface area contributed by atoms with Gasteiger partial charge in [0.1, 0.15) is 5.76 Å². The monoisotopic (exact) mass is 301 g/mol. The molecule has 0 saturated carbocycles. The summed E-state index contributed by atoms with van der Waals surface area (Å²) in [5, 5.41) is 3.13. The Morgan fingerprint density at radius 2 is 2.16 bits per heavy atom. The van der Waals surface area contributed by atoms with Crippen LogP contribution >= 0.6 is 11.3 Å². The molecule has 0 radical (unpaired) electrons. The molecule has 0 unspecified atom stereocenters. The Morgan fingerprint density at radius 1 is 1.37 bits per heavy atom. The Bertz CT molecular complexity index is 617. The maximum atomic E-state index is 11.8. The summed E-state index contributed by atoms with van der Waals surface area (Å²) < 4.78 is 30.1. The maximum absolute atomic E-state index is 11.8. The minimum atomic E-state index is -3.49. The van der Waals surface area contributed by atoms with Crippen molar-refractivity contribution in [2.75, 3.05) is 14.1 Å². The molecule has 1 N–H and O–H groups in total. The lowest BCUT2D eigenvalue weighted by Crippen LogP contribution is -2.21. The normalized spacial score (nSPS) is 12.2. The Labute approximate surface area is 116 Å². The van der Waals surface area contributed by atoms with Crippen LogP contribution in [-0.2, 0) is 23.1 Å². The van der Waals surface area contributed by atoms with Crippen molar-refractivity contribution in [2.24, 2.45) is 0 Å². The van der Waals surface area contributed by atoms with Gasteiger partial charge in [0.25, 0.3) is 10.0 Å². The zero-order valence-corrected chi connectivity index (χ0v) is 12.3. The first-order valence-electron chi connectivity index (χ1n) is 5.59. The van der Waals surface area contributed by atoms with Gasteiger partial charge >= 0.3 is 0 Å². The van der Waals surface area contributed by atoms with Gasteiger partial charge in [-0.15, -0.1) is 11.3 Å². The summed E-state index contributed by atoms with van der Waals surface area (Å²) in [7, 11) is -0.550. The topological polar surface area (TPSA) is 75.4 Å². The molecule has 0 saturated heterocycles. The lowest BCUT2D eigenvalue weighted by atomic mass is 10.4. The first-order chi connectivity index (χ1) is 9.00. The smallest absolute Gasteiger partial charge is 0.275 e. The predicted octanol–water partition coefficient (Wildman–Crippen LogP) is 1.28. The van der Waals surface area contributed by atoms with Crippen molar-refractivity contribution in [1.29, 1.82) is 0 Å². The molecule has 8 heteroatoms. The van der Waals surface area contributed by atoms with E-state index in [4.69, 9.17) is 4.42 Å². The fourth-order valence-electron chi connectivity index (χ4n) is 1.41. The van der Waals surface area contributed by atoms with E-state index in [1.165, 1.54) is 20.2 Å². The molecule has 6 nitrogen and oxygen atoms in total. The minimum absolute atomic E-state index is 0.0351. The molecule has 0 aliphatic heterocycles. The van der Waals surface area contributed by atoms with Gasteiger partial charge in [0, 0.05) is 31.7 Å². The predicted molar refractivity (Wildman–Crippen MR) is 72.2 cm³/mol. The van der Waals surface area contributed by atoms with Gasteiger partial charge in [-0.25, -0.2) is 12.7 Å².